The van der Waals surface area contributed by atoms with Crippen LogP contribution in [0.1, 0.15) is 28.9 Å². The quantitative estimate of drug-likeness (QED) is 0.870. The van der Waals surface area contributed by atoms with E-state index in [1.807, 2.05) is 6.92 Å². The summed E-state index contributed by atoms with van der Waals surface area (Å²) in [5, 5.41) is 6.21. The third-order valence-electron chi connectivity index (χ3n) is 3.34. The third-order valence-corrected chi connectivity index (χ3v) is 4.41. The predicted octanol–water partition coefficient (Wildman–Crippen LogP) is 1.67. The van der Waals surface area contributed by atoms with Crippen LogP contribution in [-0.2, 0) is 17.6 Å². The summed E-state index contributed by atoms with van der Waals surface area (Å²) in [7, 11) is 0. The van der Waals surface area contributed by atoms with Crippen molar-refractivity contribution in [2.45, 2.75) is 45.1 Å². The number of amides is 1. The van der Waals surface area contributed by atoms with E-state index >= 15 is 0 Å². The fraction of sp³-hybridized carbons (Fsp3) is 0.692. The standard InChI is InChI=1S/C13H19F2N3OS/c1-3-9-8(2)20-11(18-9)4-5-16-12(19)10-6-13(14,15)7-17-10/h10,17H,3-7H2,1-2H3,(H,16,19). The highest BCUT2D eigenvalue weighted by Crippen LogP contribution is 2.25. The molecule has 4 nitrogen and oxygen atoms in total. The Morgan fingerprint density at radius 2 is 2.35 bits per heavy atom. The van der Waals surface area contributed by atoms with Crippen molar-refractivity contribution < 1.29 is 13.6 Å². The molecular weight excluding hydrogens is 284 g/mol. The lowest BCUT2D eigenvalue weighted by atomic mass is 10.2. The highest BCUT2D eigenvalue weighted by Gasteiger charge is 2.42. The van der Waals surface area contributed by atoms with E-state index in [1.165, 1.54) is 4.88 Å². The van der Waals surface area contributed by atoms with E-state index in [0.29, 0.717) is 13.0 Å². The minimum Gasteiger partial charge on any atom is -0.354 e. The first kappa shape index (κ1) is 15.3. The molecule has 0 saturated carbocycles. The number of carbonyl (C=O) groups excluding carboxylic acids is 1. The van der Waals surface area contributed by atoms with Gasteiger partial charge in [-0.1, -0.05) is 6.92 Å². The molecule has 1 aromatic heterocycles. The Bertz CT molecular complexity index is 490. The smallest absolute Gasteiger partial charge is 0.262 e. The number of carbonyl (C=O) groups is 1. The SMILES string of the molecule is CCc1nc(CCNC(=O)C2CC(F)(F)CN2)sc1C. The molecule has 112 valence electrons. The Morgan fingerprint density at radius 3 is 2.90 bits per heavy atom. The fourth-order valence-corrected chi connectivity index (χ4v) is 3.26. The topological polar surface area (TPSA) is 54.0 Å². The van der Waals surface area contributed by atoms with Gasteiger partial charge in [-0.25, -0.2) is 13.8 Å². The largest absolute Gasteiger partial charge is 0.354 e. The summed E-state index contributed by atoms with van der Waals surface area (Å²) in [5.41, 5.74) is 1.09. The summed E-state index contributed by atoms with van der Waals surface area (Å²) in [4.78, 5) is 17.4. The van der Waals surface area contributed by atoms with Crippen LogP contribution in [0.15, 0.2) is 0 Å². The van der Waals surface area contributed by atoms with Gasteiger partial charge in [-0.15, -0.1) is 11.3 Å². The van der Waals surface area contributed by atoms with Gasteiger partial charge in [-0.05, 0) is 13.3 Å². The molecule has 0 bridgehead atoms. The maximum atomic E-state index is 13.0. The molecule has 7 heteroatoms. The second-order valence-corrected chi connectivity index (χ2v) is 6.29. The van der Waals surface area contributed by atoms with Crippen molar-refractivity contribution >= 4 is 17.2 Å². The molecule has 0 radical (unpaired) electrons. The molecule has 2 N–H and O–H groups in total. The molecule has 1 aliphatic heterocycles. The van der Waals surface area contributed by atoms with E-state index in [4.69, 9.17) is 0 Å². The first-order valence-corrected chi connectivity index (χ1v) is 7.57. The maximum Gasteiger partial charge on any atom is 0.262 e. The van der Waals surface area contributed by atoms with E-state index < -0.39 is 24.9 Å². The van der Waals surface area contributed by atoms with Crippen LogP contribution in [0.2, 0.25) is 0 Å². The number of thiazole rings is 1. The number of aryl methyl sites for hydroxylation is 2. The van der Waals surface area contributed by atoms with Gasteiger partial charge in [0.05, 0.1) is 23.3 Å². The van der Waals surface area contributed by atoms with Crippen LogP contribution in [0.5, 0.6) is 0 Å². The molecule has 20 heavy (non-hydrogen) atoms. The summed E-state index contributed by atoms with van der Waals surface area (Å²) in [6, 6.07) is -0.783. The second kappa shape index (κ2) is 6.13. The summed E-state index contributed by atoms with van der Waals surface area (Å²) >= 11 is 1.62. The van der Waals surface area contributed by atoms with Gasteiger partial charge >= 0.3 is 0 Å². The molecule has 1 aromatic rings. The normalized spacial score (nSPS) is 21.1. The molecule has 2 heterocycles. The Labute approximate surface area is 121 Å². The average molecular weight is 303 g/mol. The van der Waals surface area contributed by atoms with Crippen LogP contribution in [0.3, 0.4) is 0 Å². The van der Waals surface area contributed by atoms with Crippen molar-refractivity contribution in [2.24, 2.45) is 0 Å². The number of alkyl halides is 2. The summed E-state index contributed by atoms with van der Waals surface area (Å²) < 4.78 is 26.0. The van der Waals surface area contributed by atoms with Gasteiger partial charge in [-0.3, -0.25) is 10.1 Å². The van der Waals surface area contributed by atoms with Crippen LogP contribution >= 0.6 is 11.3 Å². The van der Waals surface area contributed by atoms with E-state index in [9.17, 15) is 13.6 Å². The van der Waals surface area contributed by atoms with Gasteiger partial charge in [-0.2, -0.15) is 0 Å². The minimum atomic E-state index is -2.77. The molecule has 1 aliphatic rings. The van der Waals surface area contributed by atoms with Crippen molar-refractivity contribution in [3.63, 3.8) is 0 Å². The molecule has 2 rings (SSSR count). The van der Waals surface area contributed by atoms with Crippen molar-refractivity contribution in [2.75, 3.05) is 13.1 Å². The van der Waals surface area contributed by atoms with Crippen molar-refractivity contribution in [3.8, 4) is 0 Å². The number of hydrogen-bond donors (Lipinski definition) is 2. The van der Waals surface area contributed by atoms with Gasteiger partial charge in [0.2, 0.25) is 5.91 Å². The Kier molecular flexibility index (Phi) is 4.70. The van der Waals surface area contributed by atoms with Crippen LogP contribution in [0.4, 0.5) is 8.78 Å². The van der Waals surface area contributed by atoms with Gasteiger partial charge < -0.3 is 5.32 Å². The predicted molar refractivity (Wildman–Crippen MR) is 74.3 cm³/mol. The van der Waals surface area contributed by atoms with E-state index in [0.717, 1.165) is 17.1 Å². The first-order valence-electron chi connectivity index (χ1n) is 6.75. The number of nitrogens with one attached hydrogen (secondary N) is 2. The van der Waals surface area contributed by atoms with E-state index in [1.54, 1.807) is 11.3 Å². The minimum absolute atomic E-state index is 0.355. The van der Waals surface area contributed by atoms with Crippen LogP contribution < -0.4 is 10.6 Å². The monoisotopic (exact) mass is 303 g/mol. The zero-order valence-electron chi connectivity index (χ0n) is 11.6. The zero-order valence-corrected chi connectivity index (χ0v) is 12.4. The Hall–Kier alpha value is -1.08. The fourth-order valence-electron chi connectivity index (χ4n) is 2.24. The molecular formula is C13H19F2N3OS. The molecule has 1 amide bonds. The number of halogens is 2. The summed E-state index contributed by atoms with van der Waals surface area (Å²) in [5.74, 6) is -3.13. The lowest BCUT2D eigenvalue weighted by Crippen LogP contribution is -2.41. The lowest BCUT2D eigenvalue weighted by molar-refractivity contribution is -0.123. The summed E-state index contributed by atoms with van der Waals surface area (Å²) in [6.45, 7) is 4.10. The third kappa shape index (κ3) is 3.73. The van der Waals surface area contributed by atoms with Crippen LogP contribution in [0.25, 0.3) is 0 Å². The maximum absolute atomic E-state index is 13.0. The van der Waals surface area contributed by atoms with Gasteiger partial charge in [0.15, 0.2) is 0 Å². The zero-order chi connectivity index (χ0) is 14.8. The van der Waals surface area contributed by atoms with Gasteiger partial charge in [0.1, 0.15) is 0 Å². The van der Waals surface area contributed by atoms with E-state index in [2.05, 4.69) is 22.5 Å². The van der Waals surface area contributed by atoms with Crippen molar-refractivity contribution in [1.82, 2.24) is 15.6 Å². The molecule has 1 atom stereocenters. The van der Waals surface area contributed by atoms with E-state index in [-0.39, 0.29) is 5.91 Å². The number of aromatic nitrogens is 1. The molecule has 1 fully saturated rings. The van der Waals surface area contributed by atoms with Gasteiger partial charge in [0.25, 0.3) is 5.92 Å². The van der Waals surface area contributed by atoms with Gasteiger partial charge in [0, 0.05) is 24.3 Å². The molecule has 0 aromatic carbocycles. The van der Waals surface area contributed by atoms with Crippen molar-refractivity contribution in [3.05, 3.63) is 15.6 Å². The van der Waals surface area contributed by atoms with Crippen LogP contribution in [0, 0.1) is 6.92 Å². The summed E-state index contributed by atoms with van der Waals surface area (Å²) in [6.07, 6.45) is 1.12. The highest BCUT2D eigenvalue weighted by molar-refractivity contribution is 7.11. The first-order chi connectivity index (χ1) is 9.41. The lowest BCUT2D eigenvalue weighted by Gasteiger charge is -2.10. The highest BCUT2D eigenvalue weighted by atomic mass is 32.1. The second-order valence-electron chi connectivity index (χ2n) is 5.00. The molecule has 1 saturated heterocycles. The average Bonchev–Trinajstić information content (AvgIpc) is 2.92. The Balaban J connectivity index is 1.77. The van der Waals surface area contributed by atoms with Crippen molar-refractivity contribution in [1.29, 1.82) is 0 Å². The molecule has 0 aliphatic carbocycles. The number of hydrogen-bond acceptors (Lipinski definition) is 4. The van der Waals surface area contributed by atoms with Crippen LogP contribution in [-0.4, -0.2) is 35.9 Å². The Morgan fingerprint density at radius 1 is 1.60 bits per heavy atom. The molecule has 1 unspecified atom stereocenters. The number of rotatable bonds is 5. The molecule has 0 spiro atoms. The number of nitrogens with zero attached hydrogens (tertiary/aromatic N) is 1.